The molecular weight excluding hydrogens is 152 g/mol. The highest BCUT2D eigenvalue weighted by Gasteiger charge is 2.57. The lowest BCUT2D eigenvalue weighted by Gasteiger charge is -2.11. The van der Waals surface area contributed by atoms with Crippen LogP contribution in [0.15, 0.2) is 0 Å². The van der Waals surface area contributed by atoms with E-state index in [0.29, 0.717) is 0 Å². The Morgan fingerprint density at radius 2 is 1.00 bits per heavy atom. The maximum absolute atomic E-state index is 11.6. The number of nitrogens with zero attached hydrogens (tertiary/aromatic N) is 2. The van der Waals surface area contributed by atoms with Crippen LogP contribution in [0.5, 0.6) is 0 Å². The monoisotopic (exact) mass is 152 g/mol. The third kappa shape index (κ3) is 1.16. The molecule has 6 heteroatoms. The van der Waals surface area contributed by atoms with Gasteiger partial charge in [-0.1, -0.05) is 0 Å². The highest BCUT2D eigenvalue weighted by Crippen LogP contribution is 2.32. The van der Waals surface area contributed by atoms with Crippen LogP contribution >= 0.6 is 0 Å². The Bertz CT molecular complexity index is 184. The summed E-state index contributed by atoms with van der Waals surface area (Å²) in [6.07, 6.45) is 0. The number of rotatable bonds is 1. The molecule has 0 unspecified atom stereocenters. The summed E-state index contributed by atoms with van der Waals surface area (Å²) >= 11 is 0. The molecule has 0 atom stereocenters. The summed E-state index contributed by atoms with van der Waals surface area (Å²) in [4.78, 5) is 0. The van der Waals surface area contributed by atoms with E-state index in [9.17, 15) is 17.6 Å². The Kier molecular flexibility index (Phi) is 1.86. The zero-order chi connectivity index (χ0) is 8.41. The number of hydrogen-bond acceptors (Lipinski definition) is 2. The van der Waals surface area contributed by atoms with E-state index in [4.69, 9.17) is 10.5 Å². The van der Waals surface area contributed by atoms with Gasteiger partial charge in [-0.25, -0.2) is 0 Å². The molecule has 0 N–H and O–H groups in total. The van der Waals surface area contributed by atoms with Gasteiger partial charge in [0.1, 0.15) is 12.1 Å². The molecule has 0 bridgehead atoms. The van der Waals surface area contributed by atoms with Crippen LogP contribution in [0.25, 0.3) is 0 Å². The first-order chi connectivity index (χ1) is 4.37. The van der Waals surface area contributed by atoms with Gasteiger partial charge in [0.2, 0.25) is 0 Å². The molecule has 0 fully saturated rings. The Balaban J connectivity index is 4.71. The molecule has 0 aromatic rings. The van der Waals surface area contributed by atoms with Crippen molar-refractivity contribution in [2.45, 2.75) is 11.8 Å². The molecule has 54 valence electrons. The van der Waals surface area contributed by atoms with Gasteiger partial charge in [-0.05, 0) is 0 Å². The topological polar surface area (TPSA) is 47.6 Å². The number of halogens is 4. The minimum atomic E-state index is -4.90. The van der Waals surface area contributed by atoms with Gasteiger partial charge in [-0.15, -0.1) is 0 Å². The molecule has 0 saturated heterocycles. The van der Waals surface area contributed by atoms with Gasteiger partial charge in [0, 0.05) is 0 Å². The first-order valence-corrected chi connectivity index (χ1v) is 1.95. The smallest absolute Gasteiger partial charge is 0.191 e. The fourth-order valence-corrected chi connectivity index (χ4v) is 0.140. The van der Waals surface area contributed by atoms with Gasteiger partial charge in [0.25, 0.3) is 0 Å². The maximum Gasteiger partial charge on any atom is 0.407 e. The average Bonchev–Trinajstić information content (AvgIpc) is 1.88. The molecule has 0 amide bonds. The minimum Gasteiger partial charge on any atom is -0.191 e. The van der Waals surface area contributed by atoms with Crippen molar-refractivity contribution in [2.24, 2.45) is 0 Å². The molecule has 0 saturated carbocycles. The van der Waals surface area contributed by atoms with Gasteiger partial charge in [0.15, 0.2) is 0 Å². The van der Waals surface area contributed by atoms with Crippen LogP contribution in [0.2, 0.25) is 0 Å². The van der Waals surface area contributed by atoms with Crippen LogP contribution < -0.4 is 0 Å². The normalized spacial score (nSPS) is 11.8. The third-order valence-electron chi connectivity index (χ3n) is 0.675. The molecule has 0 spiro atoms. The number of nitriles is 2. The molecule has 0 aromatic carbocycles. The van der Waals surface area contributed by atoms with E-state index in [1.807, 2.05) is 0 Å². The summed E-state index contributed by atoms with van der Waals surface area (Å²) in [5.41, 5.74) is 0. The summed E-state index contributed by atoms with van der Waals surface area (Å²) < 4.78 is 46.4. The lowest BCUT2D eigenvalue weighted by Crippen LogP contribution is -2.37. The molecule has 0 aliphatic heterocycles. The highest BCUT2D eigenvalue weighted by atomic mass is 19.3. The molecule has 0 aliphatic rings. The van der Waals surface area contributed by atoms with E-state index in [1.54, 1.807) is 0 Å². The van der Waals surface area contributed by atoms with Crippen LogP contribution in [-0.2, 0) is 0 Å². The number of alkyl halides is 4. The predicted octanol–water partition coefficient (Wildman–Crippen LogP) is 1.30. The molecule has 2 nitrogen and oxygen atoms in total. The molecule has 10 heavy (non-hydrogen) atoms. The lowest BCUT2D eigenvalue weighted by molar-refractivity contribution is -0.135. The quantitative estimate of drug-likeness (QED) is 0.531. The standard InChI is InChI=1S/C4F4N2/c5-3(6,1-9)4(7,8)2-10. The fourth-order valence-electron chi connectivity index (χ4n) is 0.140. The largest absolute Gasteiger partial charge is 0.407 e. The second-order valence-electron chi connectivity index (χ2n) is 1.37. The maximum atomic E-state index is 11.6. The average molecular weight is 152 g/mol. The van der Waals surface area contributed by atoms with E-state index in [-0.39, 0.29) is 12.1 Å². The molecular formula is C4F4N2. The first-order valence-electron chi connectivity index (χ1n) is 1.95. The molecule has 0 heterocycles. The van der Waals surface area contributed by atoms with Crippen molar-refractivity contribution in [2.75, 3.05) is 0 Å². The highest BCUT2D eigenvalue weighted by molar-refractivity contribution is 5.12. The zero-order valence-electron chi connectivity index (χ0n) is 4.41. The fraction of sp³-hybridized carbons (Fsp3) is 0.500. The van der Waals surface area contributed by atoms with E-state index in [2.05, 4.69) is 0 Å². The Morgan fingerprint density at radius 3 is 1.10 bits per heavy atom. The van der Waals surface area contributed by atoms with Crippen molar-refractivity contribution in [3.8, 4) is 12.1 Å². The zero-order valence-corrected chi connectivity index (χ0v) is 4.41. The van der Waals surface area contributed by atoms with E-state index >= 15 is 0 Å². The summed E-state index contributed by atoms with van der Waals surface area (Å²) in [5.74, 6) is -9.80. The van der Waals surface area contributed by atoms with Crippen LogP contribution in [0.1, 0.15) is 0 Å². The van der Waals surface area contributed by atoms with Gasteiger partial charge >= 0.3 is 11.8 Å². The van der Waals surface area contributed by atoms with Crippen molar-refractivity contribution in [3.63, 3.8) is 0 Å². The Morgan fingerprint density at radius 1 is 0.800 bits per heavy atom. The molecule has 0 rings (SSSR count). The summed E-state index contributed by atoms with van der Waals surface area (Å²) in [6, 6.07) is 0.0533. The van der Waals surface area contributed by atoms with E-state index in [1.165, 1.54) is 0 Å². The van der Waals surface area contributed by atoms with Gasteiger partial charge in [-0.2, -0.15) is 28.1 Å². The van der Waals surface area contributed by atoms with Gasteiger partial charge in [0.05, 0.1) is 0 Å². The van der Waals surface area contributed by atoms with E-state index in [0.717, 1.165) is 0 Å². The second-order valence-corrected chi connectivity index (χ2v) is 1.37. The van der Waals surface area contributed by atoms with Gasteiger partial charge in [-0.3, -0.25) is 0 Å². The predicted molar refractivity (Wildman–Crippen MR) is 21.1 cm³/mol. The van der Waals surface area contributed by atoms with Crippen LogP contribution in [0.3, 0.4) is 0 Å². The minimum absolute atomic E-state index is 0.0267. The Hall–Kier alpha value is -1.30. The molecule has 0 aliphatic carbocycles. The molecule has 0 aromatic heterocycles. The van der Waals surface area contributed by atoms with Gasteiger partial charge < -0.3 is 0 Å². The van der Waals surface area contributed by atoms with Crippen molar-refractivity contribution >= 4 is 0 Å². The van der Waals surface area contributed by atoms with Crippen LogP contribution in [-0.4, -0.2) is 11.8 Å². The lowest BCUT2D eigenvalue weighted by atomic mass is 10.2. The summed E-state index contributed by atoms with van der Waals surface area (Å²) in [7, 11) is 0. The summed E-state index contributed by atoms with van der Waals surface area (Å²) in [5, 5.41) is 14.9. The third-order valence-corrected chi connectivity index (χ3v) is 0.675. The molecule has 0 radical (unpaired) electrons. The van der Waals surface area contributed by atoms with Crippen molar-refractivity contribution in [1.29, 1.82) is 10.5 Å². The first kappa shape index (κ1) is 8.70. The van der Waals surface area contributed by atoms with Crippen molar-refractivity contribution < 1.29 is 17.6 Å². The van der Waals surface area contributed by atoms with Crippen molar-refractivity contribution in [3.05, 3.63) is 0 Å². The van der Waals surface area contributed by atoms with E-state index < -0.39 is 11.8 Å². The second kappa shape index (κ2) is 2.14. The number of hydrogen-bond donors (Lipinski definition) is 0. The van der Waals surface area contributed by atoms with Crippen LogP contribution in [0, 0.1) is 22.7 Å². The Labute approximate surface area is 53.3 Å². The van der Waals surface area contributed by atoms with Crippen LogP contribution in [0.4, 0.5) is 17.6 Å². The summed E-state index contributed by atoms with van der Waals surface area (Å²) in [6.45, 7) is 0. The SMILES string of the molecule is N#CC(F)(F)C(F)(F)C#N. The van der Waals surface area contributed by atoms with Crippen molar-refractivity contribution in [1.82, 2.24) is 0 Å².